The number of benzene rings is 1. The molecule has 0 aliphatic carbocycles. The molecule has 0 unspecified atom stereocenters. The number of nitrogens with two attached hydrogens (primary N) is 1. The first-order valence-corrected chi connectivity index (χ1v) is 8.52. The minimum absolute atomic E-state index is 0.242. The molecule has 0 spiro atoms. The van der Waals surface area contributed by atoms with E-state index in [1.807, 2.05) is 6.07 Å². The Morgan fingerprint density at radius 3 is 2.59 bits per heavy atom. The maximum Gasteiger partial charge on any atom is 0.573 e. The quantitative estimate of drug-likeness (QED) is 0.596. The maximum atomic E-state index is 12.6. The van der Waals surface area contributed by atoms with E-state index in [2.05, 4.69) is 14.7 Å². The van der Waals surface area contributed by atoms with Crippen LogP contribution in [0.1, 0.15) is 18.4 Å². The molecule has 0 bridgehead atoms. The molecule has 8 heteroatoms. The highest BCUT2D eigenvalue weighted by molar-refractivity contribution is 5.91. The van der Waals surface area contributed by atoms with Gasteiger partial charge in [0, 0.05) is 28.7 Å². The Morgan fingerprint density at radius 1 is 1.15 bits per heavy atom. The van der Waals surface area contributed by atoms with E-state index < -0.39 is 6.36 Å². The number of ether oxygens (including phenoxy) is 2. The van der Waals surface area contributed by atoms with Crippen LogP contribution >= 0.6 is 0 Å². The van der Waals surface area contributed by atoms with Crippen LogP contribution in [0.15, 0.2) is 36.5 Å². The number of aromatic amines is 1. The fourth-order valence-corrected chi connectivity index (χ4v) is 3.03. The summed E-state index contributed by atoms with van der Waals surface area (Å²) >= 11 is 0. The summed E-state index contributed by atoms with van der Waals surface area (Å²) in [5.41, 5.74) is 8.88. The summed E-state index contributed by atoms with van der Waals surface area (Å²) in [6, 6.07) is 7.89. The molecule has 144 valence electrons. The highest BCUT2D eigenvalue weighted by Gasteiger charge is 2.31. The van der Waals surface area contributed by atoms with Crippen molar-refractivity contribution in [1.29, 1.82) is 0 Å². The molecule has 0 saturated heterocycles. The number of fused-ring (bicyclic) bond motifs is 1. The van der Waals surface area contributed by atoms with Crippen molar-refractivity contribution in [3.05, 3.63) is 42.1 Å². The lowest BCUT2D eigenvalue weighted by atomic mass is 10.0. The van der Waals surface area contributed by atoms with Crippen LogP contribution in [0, 0.1) is 0 Å². The van der Waals surface area contributed by atoms with Gasteiger partial charge in [-0.25, -0.2) is 4.98 Å². The second-order valence-electron chi connectivity index (χ2n) is 6.07. The van der Waals surface area contributed by atoms with Crippen molar-refractivity contribution in [1.82, 2.24) is 9.97 Å². The number of nitrogens with zero attached hydrogens (tertiary/aromatic N) is 1. The van der Waals surface area contributed by atoms with Gasteiger partial charge < -0.3 is 20.2 Å². The van der Waals surface area contributed by atoms with Crippen molar-refractivity contribution >= 4 is 10.9 Å². The number of nitrogens with one attached hydrogen (secondary N) is 1. The lowest BCUT2D eigenvalue weighted by molar-refractivity contribution is -0.274. The van der Waals surface area contributed by atoms with Crippen LogP contribution in [-0.2, 0) is 6.42 Å². The molecule has 27 heavy (non-hydrogen) atoms. The molecule has 0 amide bonds. The molecule has 2 heterocycles. The largest absolute Gasteiger partial charge is 0.573 e. The number of H-pyrrole nitrogens is 1. The third-order valence-electron chi connectivity index (χ3n) is 4.23. The Balaban J connectivity index is 2.06. The molecule has 0 radical (unpaired) electrons. The van der Waals surface area contributed by atoms with Crippen LogP contribution in [0.2, 0.25) is 0 Å². The van der Waals surface area contributed by atoms with Crippen molar-refractivity contribution < 1.29 is 22.6 Å². The van der Waals surface area contributed by atoms with Gasteiger partial charge in [0.05, 0.1) is 12.8 Å². The molecule has 0 aliphatic rings. The number of methoxy groups -OCH3 is 1. The van der Waals surface area contributed by atoms with Crippen LogP contribution in [0.25, 0.3) is 22.2 Å². The van der Waals surface area contributed by atoms with E-state index in [0.717, 1.165) is 35.2 Å². The van der Waals surface area contributed by atoms with Gasteiger partial charge in [0.25, 0.3) is 0 Å². The Bertz CT molecular complexity index is 905. The molecule has 3 aromatic rings. The number of unbranched alkanes of at least 4 members (excludes halogenated alkanes) is 1. The summed E-state index contributed by atoms with van der Waals surface area (Å²) in [5, 5.41) is 0.694. The molecule has 5 nitrogen and oxygen atoms in total. The number of hydrogen-bond donors (Lipinski definition) is 2. The molecular weight excluding hydrogens is 359 g/mol. The Morgan fingerprint density at radius 2 is 1.96 bits per heavy atom. The van der Waals surface area contributed by atoms with Gasteiger partial charge in [-0.2, -0.15) is 0 Å². The second kappa shape index (κ2) is 7.87. The average Bonchev–Trinajstić information content (AvgIpc) is 2.99. The van der Waals surface area contributed by atoms with Gasteiger partial charge in [-0.05, 0) is 55.6 Å². The predicted molar refractivity (Wildman–Crippen MR) is 96.8 cm³/mol. The first kappa shape index (κ1) is 19.0. The lowest BCUT2D eigenvalue weighted by Crippen LogP contribution is -2.16. The standard InChI is InChI=1S/C19H20F3N3O2/c1-26-17-8-5-12(11-24-17)18-14(4-2-3-9-23)15-10-13(27-19(20,21)22)6-7-16(15)25-18/h5-8,10-11,25H,2-4,9,23H2,1H3. The van der Waals surface area contributed by atoms with Crippen molar-refractivity contribution in [2.75, 3.05) is 13.7 Å². The first-order chi connectivity index (χ1) is 12.9. The Kier molecular flexibility index (Phi) is 5.55. The van der Waals surface area contributed by atoms with Gasteiger partial charge in [0.1, 0.15) is 5.75 Å². The number of aromatic nitrogens is 2. The number of alkyl halides is 3. The molecule has 0 saturated carbocycles. The zero-order valence-corrected chi connectivity index (χ0v) is 14.8. The minimum atomic E-state index is -4.73. The smallest absolute Gasteiger partial charge is 0.481 e. The third kappa shape index (κ3) is 4.51. The SMILES string of the molecule is COc1ccc(-c2[nH]c3ccc(OC(F)(F)F)cc3c2CCCCN)cn1. The zero-order chi connectivity index (χ0) is 19.4. The van der Waals surface area contributed by atoms with E-state index in [1.165, 1.54) is 19.2 Å². The number of pyridine rings is 1. The number of hydrogen-bond acceptors (Lipinski definition) is 4. The van der Waals surface area contributed by atoms with E-state index in [9.17, 15) is 13.2 Å². The normalized spacial score (nSPS) is 11.7. The molecule has 3 N–H and O–H groups in total. The third-order valence-corrected chi connectivity index (χ3v) is 4.23. The van der Waals surface area contributed by atoms with Crippen molar-refractivity contribution in [2.45, 2.75) is 25.6 Å². The lowest BCUT2D eigenvalue weighted by Gasteiger charge is -2.09. The van der Waals surface area contributed by atoms with E-state index >= 15 is 0 Å². The minimum Gasteiger partial charge on any atom is -0.481 e. The topological polar surface area (TPSA) is 73.2 Å². The van der Waals surface area contributed by atoms with Gasteiger partial charge in [-0.15, -0.1) is 13.2 Å². The predicted octanol–water partition coefficient (Wildman–Crippen LogP) is 4.42. The van der Waals surface area contributed by atoms with Gasteiger partial charge in [0.2, 0.25) is 5.88 Å². The Hall–Kier alpha value is -2.74. The number of halogens is 3. The van der Waals surface area contributed by atoms with Crippen LogP contribution in [0.4, 0.5) is 13.2 Å². The number of rotatable bonds is 7. The van der Waals surface area contributed by atoms with Crippen LogP contribution in [-0.4, -0.2) is 30.0 Å². The molecule has 1 aromatic carbocycles. The molecule has 0 atom stereocenters. The Labute approximate surface area is 154 Å². The van der Waals surface area contributed by atoms with Crippen molar-refractivity contribution in [3.63, 3.8) is 0 Å². The van der Waals surface area contributed by atoms with E-state index in [1.54, 1.807) is 18.3 Å². The fraction of sp³-hybridized carbons (Fsp3) is 0.316. The van der Waals surface area contributed by atoms with Gasteiger partial charge in [-0.1, -0.05) is 0 Å². The molecule has 0 aliphatic heterocycles. The summed E-state index contributed by atoms with van der Waals surface area (Å²) in [4.78, 5) is 7.50. The van der Waals surface area contributed by atoms with Crippen LogP contribution in [0.5, 0.6) is 11.6 Å². The van der Waals surface area contributed by atoms with Gasteiger partial charge in [0.15, 0.2) is 0 Å². The van der Waals surface area contributed by atoms with Crippen molar-refractivity contribution in [2.24, 2.45) is 5.73 Å². The fourth-order valence-electron chi connectivity index (χ4n) is 3.03. The van der Waals surface area contributed by atoms with E-state index in [-0.39, 0.29) is 5.75 Å². The zero-order valence-electron chi connectivity index (χ0n) is 14.8. The molecule has 2 aromatic heterocycles. The summed E-state index contributed by atoms with van der Waals surface area (Å²) < 4.78 is 46.9. The summed E-state index contributed by atoms with van der Waals surface area (Å²) in [5.74, 6) is 0.244. The van der Waals surface area contributed by atoms with Crippen LogP contribution < -0.4 is 15.2 Å². The van der Waals surface area contributed by atoms with Gasteiger partial charge >= 0.3 is 6.36 Å². The molecule has 0 fully saturated rings. The number of aryl methyl sites for hydroxylation is 1. The highest BCUT2D eigenvalue weighted by atomic mass is 19.4. The van der Waals surface area contributed by atoms with Crippen LogP contribution in [0.3, 0.4) is 0 Å². The second-order valence-corrected chi connectivity index (χ2v) is 6.07. The van der Waals surface area contributed by atoms with Gasteiger partial charge in [-0.3, -0.25) is 0 Å². The van der Waals surface area contributed by atoms with Crippen molar-refractivity contribution in [3.8, 4) is 22.9 Å². The molecule has 3 rings (SSSR count). The monoisotopic (exact) mass is 379 g/mol. The summed E-state index contributed by atoms with van der Waals surface area (Å²) in [6.07, 6.45) is -0.736. The summed E-state index contributed by atoms with van der Waals surface area (Å²) in [6.45, 7) is 0.560. The summed E-state index contributed by atoms with van der Waals surface area (Å²) in [7, 11) is 1.53. The molecular formula is C19H20F3N3O2. The first-order valence-electron chi connectivity index (χ1n) is 8.52. The maximum absolute atomic E-state index is 12.6. The van der Waals surface area contributed by atoms with E-state index in [0.29, 0.717) is 24.2 Å². The average molecular weight is 379 g/mol. The van der Waals surface area contributed by atoms with E-state index in [4.69, 9.17) is 10.5 Å². The highest BCUT2D eigenvalue weighted by Crippen LogP contribution is 2.35.